The van der Waals surface area contributed by atoms with E-state index >= 15 is 0 Å². The quantitative estimate of drug-likeness (QED) is 0.536. The Kier molecular flexibility index (Phi) is 6.83. The van der Waals surface area contributed by atoms with Gasteiger partial charge >= 0.3 is 0 Å². The number of nitrogens with zero attached hydrogens (tertiary/aromatic N) is 5. The van der Waals surface area contributed by atoms with Gasteiger partial charge < -0.3 is 23.6 Å². The molecule has 2 amide bonds. The second-order valence-electron chi connectivity index (χ2n) is 9.38. The number of furan rings is 1. The van der Waals surface area contributed by atoms with Crippen molar-refractivity contribution in [2.45, 2.75) is 32.6 Å². The SMILES string of the molecule is CC1CCN(c2ccc(-c3noc(CCC(=O)N4CCN(C(=O)c5ccco5)CC4)n3)cc2)CC1. The van der Waals surface area contributed by atoms with Crippen LogP contribution in [0.5, 0.6) is 0 Å². The first-order valence-corrected chi connectivity index (χ1v) is 12.4. The van der Waals surface area contributed by atoms with E-state index < -0.39 is 0 Å². The molecule has 9 nitrogen and oxygen atoms in total. The molecule has 2 fully saturated rings. The molecule has 0 atom stereocenters. The number of hydrogen-bond acceptors (Lipinski definition) is 7. The Bertz CT molecular complexity index is 1120. The Hall–Kier alpha value is -3.62. The van der Waals surface area contributed by atoms with Crippen molar-refractivity contribution in [3.05, 3.63) is 54.3 Å². The normalized spacial score (nSPS) is 17.1. The molecular formula is C26H31N5O4. The Morgan fingerprint density at radius 1 is 0.971 bits per heavy atom. The van der Waals surface area contributed by atoms with Gasteiger partial charge in [0.1, 0.15) is 0 Å². The lowest BCUT2D eigenvalue weighted by Gasteiger charge is -2.34. The molecule has 5 rings (SSSR count). The van der Waals surface area contributed by atoms with Crippen molar-refractivity contribution < 1.29 is 18.5 Å². The fraction of sp³-hybridized carbons (Fsp3) is 0.462. The first-order chi connectivity index (χ1) is 17.1. The van der Waals surface area contributed by atoms with Crippen LogP contribution in [0.2, 0.25) is 0 Å². The summed E-state index contributed by atoms with van der Waals surface area (Å²) in [5, 5.41) is 4.11. The molecule has 0 saturated carbocycles. The maximum atomic E-state index is 12.7. The molecule has 2 aliphatic rings. The van der Waals surface area contributed by atoms with Crippen molar-refractivity contribution in [3.8, 4) is 11.4 Å². The third-order valence-electron chi connectivity index (χ3n) is 6.95. The summed E-state index contributed by atoms with van der Waals surface area (Å²) >= 11 is 0. The summed E-state index contributed by atoms with van der Waals surface area (Å²) in [6.45, 7) is 6.48. The number of benzene rings is 1. The molecule has 0 aliphatic carbocycles. The molecule has 1 aromatic carbocycles. The Labute approximate surface area is 204 Å². The molecule has 2 saturated heterocycles. The molecular weight excluding hydrogens is 446 g/mol. The predicted molar refractivity (Wildman–Crippen MR) is 130 cm³/mol. The first-order valence-electron chi connectivity index (χ1n) is 12.4. The summed E-state index contributed by atoms with van der Waals surface area (Å²) in [7, 11) is 0. The van der Waals surface area contributed by atoms with Crippen molar-refractivity contribution in [1.29, 1.82) is 0 Å². The lowest BCUT2D eigenvalue weighted by Crippen LogP contribution is -2.50. The molecule has 2 aliphatic heterocycles. The van der Waals surface area contributed by atoms with E-state index in [1.54, 1.807) is 21.9 Å². The molecule has 9 heteroatoms. The zero-order valence-electron chi connectivity index (χ0n) is 20.1. The Morgan fingerprint density at radius 2 is 1.69 bits per heavy atom. The maximum absolute atomic E-state index is 12.7. The van der Waals surface area contributed by atoms with Crippen LogP contribution < -0.4 is 4.90 Å². The number of piperazine rings is 1. The second kappa shape index (κ2) is 10.3. The number of piperidine rings is 1. The number of carbonyl (C=O) groups excluding carboxylic acids is 2. The standard InChI is InChI=1S/C26H31N5O4/c1-19-10-12-29(13-11-19)21-6-4-20(5-7-21)25-27-23(35-28-25)8-9-24(32)30-14-16-31(17-15-30)26(33)22-3-2-18-34-22/h2-7,18-19H,8-17H2,1H3. The minimum absolute atomic E-state index is 0.0232. The molecule has 2 aromatic heterocycles. The van der Waals surface area contributed by atoms with E-state index in [9.17, 15) is 9.59 Å². The lowest BCUT2D eigenvalue weighted by molar-refractivity contribution is -0.132. The smallest absolute Gasteiger partial charge is 0.289 e. The zero-order chi connectivity index (χ0) is 24.2. The van der Waals surface area contributed by atoms with E-state index in [4.69, 9.17) is 8.94 Å². The summed E-state index contributed by atoms with van der Waals surface area (Å²) in [5.74, 6) is 2.00. The molecule has 0 radical (unpaired) electrons. The van der Waals surface area contributed by atoms with Crippen molar-refractivity contribution in [3.63, 3.8) is 0 Å². The number of amides is 2. The van der Waals surface area contributed by atoms with Gasteiger partial charge in [-0.2, -0.15) is 4.98 Å². The third kappa shape index (κ3) is 5.39. The number of aryl methyl sites for hydroxylation is 1. The van der Waals surface area contributed by atoms with E-state index in [1.165, 1.54) is 24.8 Å². The van der Waals surface area contributed by atoms with Crippen LogP contribution in [0.3, 0.4) is 0 Å². The Balaban J connectivity index is 1.10. The number of rotatable bonds is 6. The van der Waals surface area contributed by atoms with Gasteiger partial charge in [0.2, 0.25) is 17.6 Å². The summed E-state index contributed by atoms with van der Waals surface area (Å²) in [4.78, 5) is 35.4. The van der Waals surface area contributed by atoms with E-state index in [2.05, 4.69) is 34.1 Å². The maximum Gasteiger partial charge on any atom is 0.289 e. The molecule has 3 aromatic rings. The largest absolute Gasteiger partial charge is 0.459 e. The molecule has 0 spiro atoms. The fourth-order valence-electron chi connectivity index (χ4n) is 4.65. The third-order valence-corrected chi connectivity index (χ3v) is 6.95. The van der Waals surface area contributed by atoms with Gasteiger partial charge in [-0.25, -0.2) is 0 Å². The van der Waals surface area contributed by atoms with Gasteiger partial charge in [-0.1, -0.05) is 12.1 Å². The Morgan fingerprint density at radius 3 is 2.37 bits per heavy atom. The summed E-state index contributed by atoms with van der Waals surface area (Å²) in [5.41, 5.74) is 2.12. The van der Waals surface area contributed by atoms with Crippen LogP contribution in [-0.2, 0) is 11.2 Å². The number of hydrogen-bond donors (Lipinski definition) is 0. The molecule has 0 bridgehead atoms. The second-order valence-corrected chi connectivity index (χ2v) is 9.38. The van der Waals surface area contributed by atoms with Gasteiger partial charge in [0.25, 0.3) is 5.91 Å². The first kappa shape index (κ1) is 23.1. The van der Waals surface area contributed by atoms with Gasteiger partial charge in [0.05, 0.1) is 6.26 Å². The van der Waals surface area contributed by atoms with Crippen molar-refractivity contribution in [2.75, 3.05) is 44.2 Å². The number of aromatic nitrogens is 2. The summed E-state index contributed by atoms with van der Waals surface area (Å²) in [6, 6.07) is 11.6. The molecule has 184 valence electrons. The molecule has 35 heavy (non-hydrogen) atoms. The topological polar surface area (TPSA) is 95.9 Å². The minimum atomic E-state index is -0.140. The molecule has 0 unspecified atom stereocenters. The average Bonchev–Trinajstić information content (AvgIpc) is 3.60. The highest BCUT2D eigenvalue weighted by atomic mass is 16.5. The summed E-state index contributed by atoms with van der Waals surface area (Å²) < 4.78 is 10.6. The van der Waals surface area contributed by atoms with Gasteiger partial charge in [0.15, 0.2) is 5.76 Å². The van der Waals surface area contributed by atoms with E-state index in [0.717, 1.165) is 24.6 Å². The van der Waals surface area contributed by atoms with Crippen molar-refractivity contribution in [1.82, 2.24) is 19.9 Å². The zero-order valence-corrected chi connectivity index (χ0v) is 20.1. The van der Waals surface area contributed by atoms with Gasteiger partial charge in [-0.3, -0.25) is 9.59 Å². The van der Waals surface area contributed by atoms with Crippen LogP contribution in [-0.4, -0.2) is 71.0 Å². The van der Waals surface area contributed by atoms with Crippen LogP contribution in [0.15, 0.2) is 51.6 Å². The van der Waals surface area contributed by atoms with E-state index in [0.29, 0.717) is 56.5 Å². The highest BCUT2D eigenvalue weighted by molar-refractivity contribution is 5.91. The van der Waals surface area contributed by atoms with Crippen LogP contribution in [0.4, 0.5) is 5.69 Å². The number of anilines is 1. The molecule has 0 N–H and O–H groups in total. The fourth-order valence-corrected chi connectivity index (χ4v) is 4.65. The average molecular weight is 478 g/mol. The van der Waals surface area contributed by atoms with Gasteiger partial charge in [0, 0.05) is 63.4 Å². The van der Waals surface area contributed by atoms with E-state index in [-0.39, 0.29) is 11.8 Å². The van der Waals surface area contributed by atoms with Crippen molar-refractivity contribution >= 4 is 17.5 Å². The van der Waals surface area contributed by atoms with Crippen molar-refractivity contribution in [2.24, 2.45) is 5.92 Å². The van der Waals surface area contributed by atoms with Crippen LogP contribution in [0.25, 0.3) is 11.4 Å². The van der Waals surface area contributed by atoms with Crippen LogP contribution in [0.1, 0.15) is 42.6 Å². The van der Waals surface area contributed by atoms with Gasteiger partial charge in [-0.15, -0.1) is 0 Å². The number of carbonyl (C=O) groups is 2. The predicted octanol–water partition coefficient (Wildman–Crippen LogP) is 3.48. The monoisotopic (exact) mass is 477 g/mol. The lowest BCUT2D eigenvalue weighted by atomic mass is 9.98. The van der Waals surface area contributed by atoms with Gasteiger partial charge in [-0.05, 0) is 55.2 Å². The summed E-state index contributed by atoms with van der Waals surface area (Å²) in [6.07, 6.45) is 4.63. The van der Waals surface area contributed by atoms with Crippen LogP contribution in [0, 0.1) is 5.92 Å². The minimum Gasteiger partial charge on any atom is -0.459 e. The van der Waals surface area contributed by atoms with Crippen LogP contribution >= 0.6 is 0 Å². The highest BCUT2D eigenvalue weighted by Crippen LogP contribution is 2.25. The highest BCUT2D eigenvalue weighted by Gasteiger charge is 2.26. The van der Waals surface area contributed by atoms with E-state index in [1.807, 2.05) is 12.1 Å². The molecule has 4 heterocycles.